The Morgan fingerprint density at radius 2 is 1.80 bits per heavy atom. The number of carboxylic acid groups (broad SMARTS) is 1. The molecule has 0 aromatic carbocycles. The zero-order valence-corrected chi connectivity index (χ0v) is 13.2. The third-order valence-corrected chi connectivity index (χ3v) is 4.28. The molecule has 20 heavy (non-hydrogen) atoms. The molecule has 1 aliphatic carbocycles. The van der Waals surface area contributed by atoms with Crippen LogP contribution in [0.25, 0.3) is 0 Å². The first-order valence-electron chi connectivity index (χ1n) is 6.32. The summed E-state index contributed by atoms with van der Waals surface area (Å²) in [5.74, 6) is -0.224. The molecule has 0 amide bonds. The molecule has 0 heterocycles. The second-order valence-electron chi connectivity index (χ2n) is 6.74. The summed E-state index contributed by atoms with van der Waals surface area (Å²) in [5.41, 5.74) is 1.12. The largest absolute Gasteiger partial charge is 0.481 e. The van der Waals surface area contributed by atoms with Gasteiger partial charge in [-0.3, -0.25) is 4.79 Å². The van der Waals surface area contributed by atoms with Gasteiger partial charge in [-0.1, -0.05) is 45.5 Å². The summed E-state index contributed by atoms with van der Waals surface area (Å²) >= 11 is 0. The molecule has 0 radical (unpaired) electrons. The molecule has 1 rings (SSSR count). The minimum atomic E-state index is -4.53. The van der Waals surface area contributed by atoms with Crippen molar-refractivity contribution in [2.75, 3.05) is 0 Å². The van der Waals surface area contributed by atoms with Crippen LogP contribution in [0.1, 0.15) is 13.8 Å². The van der Waals surface area contributed by atoms with E-state index >= 15 is 0 Å². The third kappa shape index (κ3) is 3.89. The molecule has 0 aromatic rings. The van der Waals surface area contributed by atoms with Gasteiger partial charge in [-0.2, -0.15) is 13.2 Å². The van der Waals surface area contributed by atoms with Gasteiger partial charge >= 0.3 is 12.1 Å². The van der Waals surface area contributed by atoms with Crippen molar-refractivity contribution in [3.8, 4) is 11.5 Å². The molecule has 1 aliphatic rings. The number of carbonyl (C=O) groups is 1. The Morgan fingerprint density at radius 1 is 1.30 bits per heavy atom. The van der Waals surface area contributed by atoms with Crippen molar-refractivity contribution in [3.63, 3.8) is 0 Å². The van der Waals surface area contributed by atoms with Gasteiger partial charge in [-0.25, -0.2) is 0 Å². The molecule has 1 N–H and O–H groups in total. The molecule has 0 spiro atoms. The monoisotopic (exact) mass is 304 g/mol. The minimum absolute atomic E-state index is 0.618. The zero-order valence-electron chi connectivity index (χ0n) is 12.2. The number of aliphatic carboxylic acids is 1. The summed E-state index contributed by atoms with van der Waals surface area (Å²) in [4.78, 5) is 11.0. The van der Waals surface area contributed by atoms with Crippen LogP contribution in [0.15, 0.2) is 11.6 Å². The maximum atomic E-state index is 13.0. The lowest BCUT2D eigenvalue weighted by molar-refractivity contribution is -0.139. The van der Waals surface area contributed by atoms with Gasteiger partial charge in [0, 0.05) is 0 Å². The zero-order chi connectivity index (χ0) is 15.9. The van der Waals surface area contributed by atoms with E-state index in [9.17, 15) is 18.0 Å². The SMILES string of the molecule is CC1(C)C(C=C(C#C[Si](C)(C)C)C(F)(F)F)C1C(=O)O. The van der Waals surface area contributed by atoms with Crippen molar-refractivity contribution in [3.05, 3.63) is 11.6 Å². The number of carboxylic acids is 1. The quantitative estimate of drug-likeness (QED) is 0.624. The molecule has 0 aliphatic heterocycles. The van der Waals surface area contributed by atoms with Gasteiger partial charge in [-0.05, 0) is 11.3 Å². The molecular weight excluding hydrogens is 285 g/mol. The summed E-state index contributed by atoms with van der Waals surface area (Å²) in [6, 6.07) is 0. The summed E-state index contributed by atoms with van der Waals surface area (Å²) in [7, 11) is -1.92. The van der Waals surface area contributed by atoms with Crippen LogP contribution >= 0.6 is 0 Å². The lowest BCUT2D eigenvalue weighted by Crippen LogP contribution is -2.18. The lowest BCUT2D eigenvalue weighted by atomic mass is 10.1. The molecule has 1 fully saturated rings. The first kappa shape index (κ1) is 16.8. The normalized spacial score (nSPS) is 25.7. The highest BCUT2D eigenvalue weighted by atomic mass is 28.3. The first-order chi connectivity index (χ1) is 8.77. The second kappa shape index (κ2) is 4.96. The van der Waals surface area contributed by atoms with E-state index in [1.165, 1.54) is 0 Å². The van der Waals surface area contributed by atoms with Gasteiger partial charge in [0.2, 0.25) is 0 Å². The van der Waals surface area contributed by atoms with E-state index in [2.05, 4.69) is 11.5 Å². The van der Waals surface area contributed by atoms with Crippen LogP contribution in [-0.4, -0.2) is 25.3 Å². The van der Waals surface area contributed by atoms with Crippen LogP contribution in [0.5, 0.6) is 0 Å². The van der Waals surface area contributed by atoms with Gasteiger partial charge in [0.15, 0.2) is 0 Å². The van der Waals surface area contributed by atoms with Crippen molar-refractivity contribution in [1.82, 2.24) is 0 Å². The van der Waals surface area contributed by atoms with Crippen LogP contribution in [0, 0.1) is 28.7 Å². The molecule has 2 atom stereocenters. The first-order valence-corrected chi connectivity index (χ1v) is 9.82. The predicted octanol–water partition coefficient (Wildman–Crippen LogP) is 3.71. The Balaban J connectivity index is 3.12. The van der Waals surface area contributed by atoms with Gasteiger partial charge in [-0.15, -0.1) is 5.54 Å². The predicted molar refractivity (Wildman–Crippen MR) is 73.7 cm³/mol. The highest BCUT2D eigenvalue weighted by Crippen LogP contribution is 2.59. The molecule has 0 bridgehead atoms. The lowest BCUT2D eigenvalue weighted by Gasteiger charge is -2.08. The maximum absolute atomic E-state index is 13.0. The Morgan fingerprint density at radius 3 is 2.10 bits per heavy atom. The van der Waals surface area contributed by atoms with Gasteiger partial charge in [0.05, 0.1) is 5.92 Å². The molecule has 6 heteroatoms. The number of allylic oxidation sites excluding steroid dienone is 2. The molecule has 0 aromatic heterocycles. The number of hydrogen-bond donors (Lipinski definition) is 1. The Bertz CT molecular complexity index is 501. The van der Waals surface area contributed by atoms with E-state index in [1.807, 2.05) is 19.6 Å². The average molecular weight is 304 g/mol. The Hall–Kier alpha value is -1.22. The number of rotatable bonds is 2. The molecule has 1 saturated carbocycles. The Kier molecular flexibility index (Phi) is 4.17. The summed E-state index contributed by atoms with van der Waals surface area (Å²) in [5, 5.41) is 8.99. The summed E-state index contributed by atoms with van der Waals surface area (Å²) < 4.78 is 38.9. The number of hydrogen-bond acceptors (Lipinski definition) is 1. The standard InChI is InChI=1S/C14H19F3O2Si/c1-13(2)10(11(13)12(18)19)8-9(14(15,16)17)6-7-20(3,4)5/h8,10-11H,1-5H3,(H,18,19). The van der Waals surface area contributed by atoms with Crippen LogP contribution < -0.4 is 0 Å². The highest BCUT2D eigenvalue weighted by Gasteiger charge is 2.61. The van der Waals surface area contributed by atoms with E-state index < -0.39 is 43.0 Å². The average Bonchev–Trinajstić information content (AvgIpc) is 2.71. The summed E-state index contributed by atoms with van der Waals surface area (Å²) in [6.45, 7) is 8.89. The minimum Gasteiger partial charge on any atom is -0.481 e. The topological polar surface area (TPSA) is 37.3 Å². The van der Waals surface area contributed by atoms with Crippen molar-refractivity contribution in [2.24, 2.45) is 17.3 Å². The van der Waals surface area contributed by atoms with Gasteiger partial charge in [0.25, 0.3) is 0 Å². The summed E-state index contributed by atoms with van der Waals surface area (Å²) in [6.07, 6.45) is -3.54. The fourth-order valence-corrected chi connectivity index (χ4v) is 2.61. The number of alkyl halides is 3. The maximum Gasteiger partial charge on any atom is 0.423 e. The molecular formula is C14H19F3O2Si. The van der Waals surface area contributed by atoms with Gasteiger partial charge < -0.3 is 5.11 Å². The third-order valence-electron chi connectivity index (χ3n) is 3.40. The molecule has 2 nitrogen and oxygen atoms in total. The van der Waals surface area contributed by atoms with Gasteiger partial charge in [0.1, 0.15) is 13.6 Å². The van der Waals surface area contributed by atoms with Crippen LogP contribution in [-0.2, 0) is 4.79 Å². The van der Waals surface area contributed by atoms with Crippen molar-refractivity contribution < 1.29 is 23.1 Å². The highest BCUT2D eigenvalue weighted by molar-refractivity contribution is 6.83. The molecule has 2 unspecified atom stereocenters. The number of halogens is 3. The van der Waals surface area contributed by atoms with E-state index in [4.69, 9.17) is 5.11 Å². The second-order valence-corrected chi connectivity index (χ2v) is 11.5. The van der Waals surface area contributed by atoms with E-state index in [-0.39, 0.29) is 0 Å². The van der Waals surface area contributed by atoms with Crippen LogP contribution in [0.3, 0.4) is 0 Å². The molecule has 112 valence electrons. The Labute approximate surface area is 118 Å². The van der Waals surface area contributed by atoms with Crippen LogP contribution in [0.4, 0.5) is 13.2 Å². The smallest absolute Gasteiger partial charge is 0.423 e. The van der Waals surface area contributed by atoms with Crippen molar-refractivity contribution in [2.45, 2.75) is 39.7 Å². The van der Waals surface area contributed by atoms with Crippen molar-refractivity contribution >= 4 is 14.0 Å². The fraction of sp³-hybridized carbons (Fsp3) is 0.643. The molecule has 0 saturated heterocycles. The van der Waals surface area contributed by atoms with E-state index in [0.717, 1.165) is 6.08 Å². The fourth-order valence-electron chi connectivity index (χ4n) is 2.10. The van der Waals surface area contributed by atoms with Crippen molar-refractivity contribution in [1.29, 1.82) is 0 Å². The van der Waals surface area contributed by atoms with E-state index in [0.29, 0.717) is 0 Å². The van der Waals surface area contributed by atoms with Crippen LogP contribution in [0.2, 0.25) is 19.6 Å². The van der Waals surface area contributed by atoms with E-state index in [1.54, 1.807) is 13.8 Å².